The first-order chi connectivity index (χ1) is 11.7. The molecule has 2 atom stereocenters. The molecule has 6 nitrogen and oxygen atoms in total. The van der Waals surface area contributed by atoms with Crippen LogP contribution in [0.1, 0.15) is 23.7 Å². The van der Waals surface area contributed by atoms with Crippen LogP contribution < -0.4 is 16.0 Å². The van der Waals surface area contributed by atoms with Crippen LogP contribution in [0.4, 0.5) is 4.79 Å². The van der Waals surface area contributed by atoms with Gasteiger partial charge in [-0.15, -0.1) is 0 Å². The van der Waals surface area contributed by atoms with Gasteiger partial charge in [0.2, 0.25) is 5.91 Å². The van der Waals surface area contributed by atoms with Gasteiger partial charge < -0.3 is 20.4 Å². The number of furan rings is 1. The summed E-state index contributed by atoms with van der Waals surface area (Å²) in [7, 11) is 0. The average Bonchev–Trinajstić information content (AvgIpc) is 3.20. The molecule has 0 saturated heterocycles. The molecule has 0 aliphatic heterocycles. The van der Waals surface area contributed by atoms with E-state index in [1.807, 2.05) is 18.2 Å². The minimum atomic E-state index is -0.393. The summed E-state index contributed by atoms with van der Waals surface area (Å²) in [6, 6.07) is 13.5. The van der Waals surface area contributed by atoms with Crippen molar-refractivity contribution >= 4 is 11.9 Å². The van der Waals surface area contributed by atoms with E-state index in [9.17, 15) is 9.59 Å². The van der Waals surface area contributed by atoms with Crippen LogP contribution >= 0.6 is 0 Å². The molecule has 3 N–H and O–H groups in total. The monoisotopic (exact) mass is 327 g/mol. The lowest BCUT2D eigenvalue weighted by Crippen LogP contribution is -2.42. The highest BCUT2D eigenvalue weighted by Crippen LogP contribution is 2.46. The molecule has 6 heteroatoms. The molecule has 0 radical (unpaired) electrons. The molecule has 126 valence electrons. The number of benzene rings is 1. The van der Waals surface area contributed by atoms with Gasteiger partial charge in [0.05, 0.1) is 19.4 Å². The first-order valence-corrected chi connectivity index (χ1v) is 8.08. The predicted octanol–water partition coefficient (Wildman–Crippen LogP) is 2.00. The fourth-order valence-corrected chi connectivity index (χ4v) is 2.69. The maximum absolute atomic E-state index is 11.8. The fraction of sp³-hybridized carbons (Fsp3) is 0.333. The zero-order chi connectivity index (χ0) is 16.8. The van der Waals surface area contributed by atoms with Crippen LogP contribution in [-0.4, -0.2) is 25.0 Å². The summed E-state index contributed by atoms with van der Waals surface area (Å²) >= 11 is 0. The Labute approximate surface area is 140 Å². The van der Waals surface area contributed by atoms with Crippen molar-refractivity contribution in [3.05, 3.63) is 60.1 Å². The standard InChI is InChI=1S/C18H21N3O3/c22-17(12-21-18(23)20-11-15-7-4-8-24-15)19-10-14-9-16(14)13-5-2-1-3-6-13/h1-8,14,16H,9-12H2,(H,19,22)(H2,20,21,23)/t14-,16-/m0/s1. The van der Waals surface area contributed by atoms with Gasteiger partial charge >= 0.3 is 6.03 Å². The number of urea groups is 1. The summed E-state index contributed by atoms with van der Waals surface area (Å²) in [5.41, 5.74) is 1.33. The predicted molar refractivity (Wildman–Crippen MR) is 89.2 cm³/mol. The van der Waals surface area contributed by atoms with Crippen molar-refractivity contribution in [2.24, 2.45) is 5.92 Å². The zero-order valence-electron chi connectivity index (χ0n) is 13.3. The first-order valence-electron chi connectivity index (χ1n) is 8.08. The second kappa shape index (κ2) is 7.68. The summed E-state index contributed by atoms with van der Waals surface area (Å²) in [5, 5.41) is 8.02. The number of hydrogen-bond donors (Lipinski definition) is 3. The van der Waals surface area contributed by atoms with E-state index in [2.05, 4.69) is 28.1 Å². The minimum absolute atomic E-state index is 0.0350. The Morgan fingerprint density at radius 3 is 2.62 bits per heavy atom. The topological polar surface area (TPSA) is 83.4 Å². The molecule has 1 fully saturated rings. The van der Waals surface area contributed by atoms with Gasteiger partial charge in [0, 0.05) is 6.54 Å². The third kappa shape index (κ3) is 4.62. The average molecular weight is 327 g/mol. The van der Waals surface area contributed by atoms with Crippen LogP contribution in [0.25, 0.3) is 0 Å². The van der Waals surface area contributed by atoms with E-state index in [-0.39, 0.29) is 12.5 Å². The molecule has 2 aromatic rings. The van der Waals surface area contributed by atoms with Crippen molar-refractivity contribution in [2.75, 3.05) is 13.1 Å². The number of rotatable bonds is 7. The van der Waals surface area contributed by atoms with E-state index in [1.165, 1.54) is 5.56 Å². The molecule has 3 amide bonds. The van der Waals surface area contributed by atoms with Crippen molar-refractivity contribution in [2.45, 2.75) is 18.9 Å². The lowest BCUT2D eigenvalue weighted by Gasteiger charge is -2.07. The van der Waals surface area contributed by atoms with E-state index in [1.54, 1.807) is 18.4 Å². The molecule has 1 saturated carbocycles. The van der Waals surface area contributed by atoms with Gasteiger partial charge in [-0.3, -0.25) is 4.79 Å². The quantitative estimate of drug-likeness (QED) is 0.727. The molecule has 1 aliphatic carbocycles. The van der Waals surface area contributed by atoms with Crippen molar-refractivity contribution in [3.8, 4) is 0 Å². The van der Waals surface area contributed by atoms with Crippen molar-refractivity contribution < 1.29 is 14.0 Å². The van der Waals surface area contributed by atoms with Gasteiger partial charge in [0.25, 0.3) is 0 Å². The molecule has 1 aromatic carbocycles. The lowest BCUT2D eigenvalue weighted by molar-refractivity contribution is -0.120. The Balaban J connectivity index is 1.29. The zero-order valence-corrected chi connectivity index (χ0v) is 13.3. The molecule has 0 spiro atoms. The summed E-state index contributed by atoms with van der Waals surface area (Å²) in [6.07, 6.45) is 2.64. The molecule has 0 bridgehead atoms. The molecule has 1 aliphatic rings. The fourth-order valence-electron chi connectivity index (χ4n) is 2.69. The van der Waals surface area contributed by atoms with Crippen LogP contribution in [0.15, 0.2) is 53.1 Å². The van der Waals surface area contributed by atoms with Gasteiger partial charge in [0.1, 0.15) is 5.76 Å². The summed E-state index contributed by atoms with van der Waals surface area (Å²) in [4.78, 5) is 23.4. The van der Waals surface area contributed by atoms with Gasteiger partial charge in [0.15, 0.2) is 0 Å². The molecule has 24 heavy (non-hydrogen) atoms. The number of carbonyl (C=O) groups excluding carboxylic acids is 2. The van der Waals surface area contributed by atoms with Crippen LogP contribution in [0.5, 0.6) is 0 Å². The molecule has 3 rings (SSSR count). The Morgan fingerprint density at radius 2 is 1.88 bits per heavy atom. The number of carbonyl (C=O) groups is 2. The van der Waals surface area contributed by atoms with E-state index < -0.39 is 6.03 Å². The van der Waals surface area contributed by atoms with E-state index in [0.717, 1.165) is 6.42 Å². The Hall–Kier alpha value is -2.76. The third-order valence-electron chi connectivity index (χ3n) is 4.12. The highest BCUT2D eigenvalue weighted by Gasteiger charge is 2.37. The number of hydrogen-bond acceptors (Lipinski definition) is 3. The Kier molecular flexibility index (Phi) is 5.15. The van der Waals surface area contributed by atoms with Crippen LogP contribution in [-0.2, 0) is 11.3 Å². The summed E-state index contributed by atoms with van der Waals surface area (Å²) in [5.74, 6) is 1.51. The van der Waals surface area contributed by atoms with Gasteiger partial charge in [-0.1, -0.05) is 30.3 Å². The number of amides is 3. The van der Waals surface area contributed by atoms with E-state index >= 15 is 0 Å². The number of nitrogens with one attached hydrogen (secondary N) is 3. The second-order valence-corrected chi connectivity index (χ2v) is 5.93. The Morgan fingerprint density at radius 1 is 1.04 bits per heavy atom. The Bertz CT molecular complexity index is 670. The van der Waals surface area contributed by atoms with Crippen molar-refractivity contribution in [1.82, 2.24) is 16.0 Å². The van der Waals surface area contributed by atoms with Crippen molar-refractivity contribution in [1.29, 1.82) is 0 Å². The molecule has 1 heterocycles. The molecule has 0 unspecified atom stereocenters. The van der Waals surface area contributed by atoms with Crippen LogP contribution in [0.2, 0.25) is 0 Å². The smallest absolute Gasteiger partial charge is 0.315 e. The maximum atomic E-state index is 11.8. The highest BCUT2D eigenvalue weighted by atomic mass is 16.3. The van der Waals surface area contributed by atoms with Gasteiger partial charge in [-0.2, -0.15) is 0 Å². The van der Waals surface area contributed by atoms with Gasteiger partial charge in [-0.05, 0) is 36.0 Å². The minimum Gasteiger partial charge on any atom is -0.467 e. The second-order valence-electron chi connectivity index (χ2n) is 5.93. The molecule has 1 aromatic heterocycles. The van der Waals surface area contributed by atoms with E-state index in [0.29, 0.717) is 30.7 Å². The lowest BCUT2D eigenvalue weighted by atomic mass is 10.1. The van der Waals surface area contributed by atoms with Gasteiger partial charge in [-0.25, -0.2) is 4.79 Å². The van der Waals surface area contributed by atoms with Crippen LogP contribution in [0, 0.1) is 5.92 Å². The highest BCUT2D eigenvalue weighted by molar-refractivity contribution is 5.83. The molecular formula is C18H21N3O3. The van der Waals surface area contributed by atoms with E-state index in [4.69, 9.17) is 4.42 Å². The summed E-state index contributed by atoms with van der Waals surface area (Å²) < 4.78 is 5.11. The first kappa shape index (κ1) is 16.1. The third-order valence-corrected chi connectivity index (χ3v) is 4.12. The van der Waals surface area contributed by atoms with Crippen LogP contribution in [0.3, 0.4) is 0 Å². The van der Waals surface area contributed by atoms with Crippen molar-refractivity contribution in [3.63, 3.8) is 0 Å². The molecular weight excluding hydrogens is 306 g/mol. The largest absolute Gasteiger partial charge is 0.467 e. The summed E-state index contributed by atoms with van der Waals surface area (Å²) in [6.45, 7) is 0.905. The maximum Gasteiger partial charge on any atom is 0.315 e. The normalized spacial score (nSPS) is 18.7. The SMILES string of the molecule is O=C(CNC(=O)NCc1ccco1)NC[C@@H]1C[C@H]1c1ccccc1.